The van der Waals surface area contributed by atoms with E-state index in [1.165, 1.54) is 32.7 Å². The number of carbonyl (C=O) groups excluding carboxylic acids is 3. The molecule has 46 heavy (non-hydrogen) atoms. The zero-order chi connectivity index (χ0) is 31.1. The molecule has 0 aliphatic heterocycles. The summed E-state index contributed by atoms with van der Waals surface area (Å²) in [5.74, 6) is -4.06. The Bertz CT molecular complexity index is 1550. The molecule has 8 nitrogen and oxygen atoms in total. The van der Waals surface area contributed by atoms with E-state index in [-0.39, 0.29) is 65.7 Å². The summed E-state index contributed by atoms with van der Waals surface area (Å²) in [6.45, 7) is -0.223. The van der Waals surface area contributed by atoms with E-state index in [0.29, 0.717) is 13.0 Å². The van der Waals surface area contributed by atoms with E-state index < -0.39 is 36.7 Å². The third-order valence-electron chi connectivity index (χ3n) is 7.63. The summed E-state index contributed by atoms with van der Waals surface area (Å²) in [6.07, 6.45) is 2.70. The fraction of sp³-hybridized carbons (Fsp3) is 0.361. The molecule has 0 spiro atoms. The Hall–Kier alpha value is -2.27. The van der Waals surface area contributed by atoms with Gasteiger partial charge in [0.1, 0.15) is 18.8 Å². The summed E-state index contributed by atoms with van der Waals surface area (Å²) in [6, 6.07) is 29.2. The third kappa shape index (κ3) is 13.1. The molecule has 1 amide bonds. The molecule has 10 heteroatoms. The number of carbonyl (C=O) groups is 3. The predicted octanol–water partition coefficient (Wildman–Crippen LogP) is -2.49. The minimum absolute atomic E-state index is 0. The summed E-state index contributed by atoms with van der Waals surface area (Å²) in [5, 5.41) is 30.7. The van der Waals surface area contributed by atoms with Crippen LogP contribution in [0.2, 0.25) is 0 Å². The van der Waals surface area contributed by atoms with Gasteiger partial charge in [-0.1, -0.05) is 97.8 Å². The normalized spacial score (nSPS) is 12.1. The summed E-state index contributed by atoms with van der Waals surface area (Å²) < 4.78 is 10.4. The Morgan fingerprint density at radius 2 is 1.07 bits per heavy atom. The molecule has 4 rings (SSSR count). The zero-order valence-electron chi connectivity index (χ0n) is 26.9. The molecular formula is C36H39NNa2O7. The number of hydrogen-bond donors (Lipinski definition) is 1. The van der Waals surface area contributed by atoms with Crippen LogP contribution in [0.25, 0.3) is 21.5 Å². The summed E-state index contributed by atoms with van der Waals surface area (Å²) in [7, 11) is 0. The second kappa shape index (κ2) is 21.6. The largest absolute Gasteiger partial charge is 1.00 e. The predicted molar refractivity (Wildman–Crippen MR) is 166 cm³/mol. The Morgan fingerprint density at radius 1 is 0.587 bits per heavy atom. The first-order chi connectivity index (χ1) is 21.4. The number of hydrogen-bond acceptors (Lipinski definition) is 7. The molecule has 0 aromatic heterocycles. The number of ether oxygens (including phenoxy) is 2. The topological polar surface area (TPSA) is 128 Å². The van der Waals surface area contributed by atoms with Crippen LogP contribution in [0.3, 0.4) is 0 Å². The number of fused-ring (bicyclic) bond motifs is 2. The second-order valence-electron chi connectivity index (χ2n) is 11.0. The van der Waals surface area contributed by atoms with Crippen molar-refractivity contribution in [2.24, 2.45) is 0 Å². The van der Waals surface area contributed by atoms with Gasteiger partial charge in [0.05, 0.1) is 11.9 Å². The molecule has 4 aromatic rings. The first-order valence-electron chi connectivity index (χ1n) is 15.3. The summed E-state index contributed by atoms with van der Waals surface area (Å²) in [5.41, 5.74) is 2.47. The Balaban J connectivity index is 0.00000368. The van der Waals surface area contributed by atoms with Crippen LogP contribution in [0.4, 0.5) is 0 Å². The van der Waals surface area contributed by atoms with Gasteiger partial charge < -0.3 is 34.6 Å². The van der Waals surface area contributed by atoms with Crippen LogP contribution in [-0.4, -0.2) is 49.8 Å². The Morgan fingerprint density at radius 3 is 1.59 bits per heavy atom. The maximum atomic E-state index is 12.2. The van der Waals surface area contributed by atoms with Crippen molar-refractivity contribution in [3.8, 4) is 0 Å². The third-order valence-corrected chi connectivity index (χ3v) is 7.63. The Kier molecular flexibility index (Phi) is 18.7. The number of aryl methyl sites for hydroxylation is 2. The van der Waals surface area contributed by atoms with Crippen LogP contribution in [0, 0.1) is 0 Å². The average molecular weight is 644 g/mol. The number of aliphatic carboxylic acids is 2. The number of carboxylic acid groups (broad SMARTS) is 2. The maximum absolute atomic E-state index is 12.2. The molecule has 4 aromatic carbocycles. The molecule has 0 unspecified atom stereocenters. The van der Waals surface area contributed by atoms with Crippen molar-refractivity contribution in [1.29, 1.82) is 0 Å². The minimum atomic E-state index is -1.97. The van der Waals surface area contributed by atoms with E-state index in [1.54, 1.807) is 0 Å². The molecule has 232 valence electrons. The van der Waals surface area contributed by atoms with Gasteiger partial charge >= 0.3 is 59.1 Å². The van der Waals surface area contributed by atoms with Gasteiger partial charge in [0.2, 0.25) is 5.91 Å². The second-order valence-corrected chi connectivity index (χ2v) is 11.0. The molecule has 0 saturated heterocycles. The molecule has 0 saturated carbocycles. The van der Waals surface area contributed by atoms with Gasteiger partial charge in [0.15, 0.2) is 0 Å². The van der Waals surface area contributed by atoms with Crippen LogP contribution < -0.4 is 74.6 Å². The summed E-state index contributed by atoms with van der Waals surface area (Å²) >= 11 is 0. The maximum Gasteiger partial charge on any atom is 1.00 e. The molecule has 1 N–H and O–H groups in total. The van der Waals surface area contributed by atoms with E-state index in [1.807, 2.05) is 24.3 Å². The molecule has 0 aliphatic rings. The van der Waals surface area contributed by atoms with Crippen molar-refractivity contribution in [2.75, 3.05) is 19.8 Å². The summed E-state index contributed by atoms with van der Waals surface area (Å²) in [4.78, 5) is 35.5. The first-order valence-corrected chi connectivity index (χ1v) is 15.3. The SMILES string of the molecule is O=C(CO[C@@H](C(=O)[O-])[C@@H](OCCCCCc1ccc2ccccc2c1)C(=O)[O-])NCCCCCc1ccc2ccccc2c1.[Na+].[Na+]. The van der Waals surface area contributed by atoms with Gasteiger partial charge in [-0.05, 0) is 71.2 Å². The number of unbranched alkanes of at least 4 members (excludes halogenated alkanes) is 4. The van der Waals surface area contributed by atoms with Crippen LogP contribution >= 0.6 is 0 Å². The smallest absolute Gasteiger partial charge is 0.547 e. The van der Waals surface area contributed by atoms with E-state index in [2.05, 4.69) is 66.0 Å². The molecule has 0 aliphatic carbocycles. The van der Waals surface area contributed by atoms with Gasteiger partial charge in [-0.2, -0.15) is 0 Å². The Labute approximate surface area is 314 Å². The molecule has 0 bridgehead atoms. The van der Waals surface area contributed by atoms with E-state index >= 15 is 0 Å². The van der Waals surface area contributed by atoms with Crippen LogP contribution in [0.15, 0.2) is 84.9 Å². The van der Waals surface area contributed by atoms with E-state index in [4.69, 9.17) is 9.47 Å². The fourth-order valence-electron chi connectivity index (χ4n) is 5.24. The van der Waals surface area contributed by atoms with Gasteiger partial charge in [0.25, 0.3) is 0 Å². The van der Waals surface area contributed by atoms with Crippen LogP contribution in [0.1, 0.15) is 49.7 Å². The molecule has 0 fully saturated rings. The molecular weight excluding hydrogens is 604 g/mol. The average Bonchev–Trinajstić information content (AvgIpc) is 3.02. The van der Waals surface area contributed by atoms with Gasteiger partial charge in [-0.3, -0.25) is 4.79 Å². The first kappa shape index (κ1) is 39.9. The van der Waals surface area contributed by atoms with Crippen LogP contribution in [0.5, 0.6) is 0 Å². The number of benzene rings is 4. The number of carboxylic acids is 2. The van der Waals surface area contributed by atoms with Crippen molar-refractivity contribution in [3.63, 3.8) is 0 Å². The zero-order valence-corrected chi connectivity index (χ0v) is 30.9. The van der Waals surface area contributed by atoms with Crippen molar-refractivity contribution in [3.05, 3.63) is 96.1 Å². The molecule has 0 heterocycles. The van der Waals surface area contributed by atoms with Crippen molar-refractivity contribution in [2.45, 2.75) is 63.6 Å². The monoisotopic (exact) mass is 643 g/mol. The number of rotatable bonds is 19. The van der Waals surface area contributed by atoms with Crippen molar-refractivity contribution >= 4 is 39.4 Å². The minimum Gasteiger partial charge on any atom is -0.547 e. The number of amides is 1. The quantitative estimate of drug-likeness (QED) is 0.0886. The number of nitrogens with one attached hydrogen (secondary N) is 1. The molecule has 2 atom stereocenters. The standard InChI is InChI=1S/C36H41NO7.2Na/c38-32(37-21-9-1-3-11-26-17-19-28-13-5-7-15-30(28)23-26)25-44-34(36(41)42)33(35(39)40)43-22-10-2-4-12-27-18-20-29-14-6-8-16-31(29)24-27;;/h5-8,13-20,23-24,33-34H,1-4,9-12,21-22,25H2,(H,37,38)(H,39,40)(H,41,42);;/q;2*+1/p-2/t33-,34-;;/m1../s1. The van der Waals surface area contributed by atoms with Gasteiger partial charge in [-0.15, -0.1) is 0 Å². The van der Waals surface area contributed by atoms with Crippen LogP contribution in [-0.2, 0) is 36.7 Å². The van der Waals surface area contributed by atoms with E-state index in [9.17, 15) is 24.6 Å². The van der Waals surface area contributed by atoms with Crippen molar-refractivity contribution in [1.82, 2.24) is 5.32 Å². The molecule has 0 radical (unpaired) electrons. The fourth-order valence-corrected chi connectivity index (χ4v) is 5.24. The van der Waals surface area contributed by atoms with E-state index in [0.717, 1.165) is 44.9 Å². The van der Waals surface area contributed by atoms with Gasteiger partial charge in [-0.25, -0.2) is 0 Å². The van der Waals surface area contributed by atoms with Crippen molar-refractivity contribution < 1.29 is 93.2 Å². The van der Waals surface area contributed by atoms with Gasteiger partial charge in [0, 0.05) is 13.2 Å².